The molecule has 0 saturated heterocycles. The standard InChI is InChI=1S/C18H36S/c1-3-4-5-6-7-8-9-10-11-12-13-14-15-18(2)16-17-19/h17-18H,3-16H2,1-2H3. The molecule has 0 bridgehead atoms. The SMILES string of the molecule is CCCCCCCCCCCCCCC(C)CC=S. The predicted octanol–water partition coefficient (Wildman–Crippen LogP) is 7.10. The second-order valence-electron chi connectivity index (χ2n) is 6.19. The molecule has 0 aliphatic rings. The van der Waals surface area contributed by atoms with E-state index in [0.29, 0.717) is 0 Å². The van der Waals surface area contributed by atoms with Crippen LogP contribution in [0.2, 0.25) is 0 Å². The summed E-state index contributed by atoms with van der Waals surface area (Å²) in [5.41, 5.74) is 0. The van der Waals surface area contributed by atoms with Crippen molar-refractivity contribution in [1.82, 2.24) is 0 Å². The van der Waals surface area contributed by atoms with Crippen molar-refractivity contribution in [1.29, 1.82) is 0 Å². The van der Waals surface area contributed by atoms with E-state index in [1.807, 2.05) is 5.37 Å². The minimum absolute atomic E-state index is 0.806. The first-order chi connectivity index (χ1) is 9.31. The van der Waals surface area contributed by atoms with Crippen LogP contribution in [0.3, 0.4) is 0 Å². The quantitative estimate of drug-likeness (QED) is 0.228. The van der Waals surface area contributed by atoms with E-state index >= 15 is 0 Å². The molecule has 0 saturated carbocycles. The molecule has 1 unspecified atom stereocenters. The third-order valence-electron chi connectivity index (χ3n) is 4.05. The molecule has 0 nitrogen and oxygen atoms in total. The molecular weight excluding hydrogens is 248 g/mol. The molecule has 0 aromatic heterocycles. The van der Waals surface area contributed by atoms with Crippen molar-refractivity contribution < 1.29 is 0 Å². The number of hydrogen-bond acceptors (Lipinski definition) is 1. The molecule has 0 N–H and O–H groups in total. The summed E-state index contributed by atoms with van der Waals surface area (Å²) in [6.07, 6.45) is 19.8. The smallest absolute Gasteiger partial charge is 0.0208 e. The maximum absolute atomic E-state index is 4.90. The average Bonchev–Trinajstić information content (AvgIpc) is 2.40. The van der Waals surface area contributed by atoms with Crippen molar-refractivity contribution in [2.75, 3.05) is 0 Å². The molecule has 0 radical (unpaired) electrons. The molecule has 0 aliphatic carbocycles. The van der Waals surface area contributed by atoms with Crippen LogP contribution in [0.1, 0.15) is 104 Å². The Kier molecular flexibility index (Phi) is 16.2. The van der Waals surface area contributed by atoms with E-state index in [1.165, 1.54) is 83.5 Å². The van der Waals surface area contributed by atoms with Gasteiger partial charge in [-0.25, -0.2) is 0 Å². The van der Waals surface area contributed by atoms with Gasteiger partial charge in [-0.3, -0.25) is 0 Å². The summed E-state index contributed by atoms with van der Waals surface area (Å²) >= 11 is 4.90. The summed E-state index contributed by atoms with van der Waals surface area (Å²) in [6.45, 7) is 4.61. The zero-order chi connectivity index (χ0) is 14.2. The Morgan fingerprint density at radius 1 is 0.737 bits per heavy atom. The monoisotopic (exact) mass is 284 g/mol. The summed E-state index contributed by atoms with van der Waals surface area (Å²) in [5.74, 6) is 0.806. The first-order valence-electron chi connectivity index (χ1n) is 8.74. The second kappa shape index (κ2) is 16.1. The largest absolute Gasteiger partial charge is 0.0935 e. The molecule has 0 spiro atoms. The molecular formula is C18H36S. The van der Waals surface area contributed by atoms with Crippen LogP contribution >= 0.6 is 12.2 Å². The van der Waals surface area contributed by atoms with Crippen LogP contribution in [0.5, 0.6) is 0 Å². The molecule has 1 heteroatoms. The van der Waals surface area contributed by atoms with Crippen LogP contribution in [-0.2, 0) is 0 Å². The molecule has 19 heavy (non-hydrogen) atoms. The van der Waals surface area contributed by atoms with Crippen LogP contribution in [-0.4, -0.2) is 5.37 Å². The predicted molar refractivity (Wildman–Crippen MR) is 93.1 cm³/mol. The lowest BCUT2D eigenvalue weighted by Crippen LogP contribution is -1.94. The fraction of sp³-hybridized carbons (Fsp3) is 0.944. The zero-order valence-electron chi connectivity index (χ0n) is 13.5. The van der Waals surface area contributed by atoms with Crippen molar-refractivity contribution in [3.05, 3.63) is 0 Å². The van der Waals surface area contributed by atoms with Gasteiger partial charge in [0, 0.05) is 0 Å². The van der Waals surface area contributed by atoms with E-state index in [0.717, 1.165) is 12.3 Å². The van der Waals surface area contributed by atoms with Gasteiger partial charge in [0.15, 0.2) is 0 Å². The van der Waals surface area contributed by atoms with Crippen LogP contribution < -0.4 is 0 Å². The molecule has 1 atom stereocenters. The highest BCUT2D eigenvalue weighted by atomic mass is 32.1. The number of rotatable bonds is 15. The maximum Gasteiger partial charge on any atom is -0.0208 e. The molecule has 0 aromatic rings. The highest BCUT2D eigenvalue weighted by molar-refractivity contribution is 7.78. The highest BCUT2D eigenvalue weighted by Crippen LogP contribution is 2.15. The fourth-order valence-electron chi connectivity index (χ4n) is 2.62. The van der Waals surface area contributed by atoms with E-state index < -0.39 is 0 Å². The number of hydrogen-bond donors (Lipinski definition) is 0. The third kappa shape index (κ3) is 16.0. The lowest BCUT2D eigenvalue weighted by Gasteiger charge is -2.07. The highest BCUT2D eigenvalue weighted by Gasteiger charge is 1.99. The van der Waals surface area contributed by atoms with Crippen LogP contribution in [0.25, 0.3) is 0 Å². The summed E-state index contributed by atoms with van der Waals surface area (Å²) in [6, 6.07) is 0. The van der Waals surface area contributed by atoms with Crippen LogP contribution in [0.4, 0.5) is 0 Å². The Bertz CT molecular complexity index is 177. The van der Waals surface area contributed by atoms with Crippen molar-refractivity contribution >= 4 is 17.6 Å². The lowest BCUT2D eigenvalue weighted by atomic mass is 9.99. The van der Waals surface area contributed by atoms with Gasteiger partial charge in [-0.2, -0.15) is 0 Å². The summed E-state index contributed by atoms with van der Waals surface area (Å²) in [5, 5.41) is 1.89. The normalized spacial score (nSPS) is 12.5. The van der Waals surface area contributed by atoms with E-state index in [9.17, 15) is 0 Å². The Hall–Kier alpha value is 0.0900. The molecule has 0 heterocycles. The van der Waals surface area contributed by atoms with Crippen LogP contribution in [0, 0.1) is 5.92 Å². The number of unbranched alkanes of at least 4 members (excludes halogenated alkanes) is 11. The lowest BCUT2D eigenvalue weighted by molar-refractivity contribution is 0.492. The van der Waals surface area contributed by atoms with E-state index in [-0.39, 0.29) is 0 Å². The maximum atomic E-state index is 4.90. The minimum atomic E-state index is 0.806. The van der Waals surface area contributed by atoms with Gasteiger partial charge in [-0.05, 0) is 17.7 Å². The molecule has 0 aromatic carbocycles. The zero-order valence-corrected chi connectivity index (χ0v) is 14.3. The van der Waals surface area contributed by atoms with E-state index in [1.54, 1.807) is 0 Å². The Balaban J connectivity index is 3.00. The summed E-state index contributed by atoms with van der Waals surface area (Å²) < 4.78 is 0. The molecule has 0 amide bonds. The molecule has 0 rings (SSSR count). The average molecular weight is 285 g/mol. The second-order valence-corrected chi connectivity index (χ2v) is 6.52. The van der Waals surface area contributed by atoms with E-state index in [2.05, 4.69) is 13.8 Å². The van der Waals surface area contributed by atoms with Crippen molar-refractivity contribution in [3.63, 3.8) is 0 Å². The topological polar surface area (TPSA) is 0 Å². The van der Waals surface area contributed by atoms with E-state index in [4.69, 9.17) is 12.2 Å². The fourth-order valence-corrected chi connectivity index (χ4v) is 2.94. The van der Waals surface area contributed by atoms with Gasteiger partial charge in [0.05, 0.1) is 0 Å². The van der Waals surface area contributed by atoms with Crippen molar-refractivity contribution in [3.8, 4) is 0 Å². The van der Waals surface area contributed by atoms with Crippen molar-refractivity contribution in [2.45, 2.75) is 104 Å². The number of thiocarbonyl (C=S) groups is 1. The molecule has 0 fully saturated rings. The van der Waals surface area contributed by atoms with Crippen molar-refractivity contribution in [2.24, 2.45) is 5.92 Å². The van der Waals surface area contributed by atoms with Crippen LogP contribution in [0.15, 0.2) is 0 Å². The Morgan fingerprint density at radius 3 is 1.58 bits per heavy atom. The molecule has 114 valence electrons. The van der Waals surface area contributed by atoms with Gasteiger partial charge in [0.25, 0.3) is 0 Å². The van der Waals surface area contributed by atoms with Gasteiger partial charge in [-0.15, -0.1) is 0 Å². The summed E-state index contributed by atoms with van der Waals surface area (Å²) in [7, 11) is 0. The van der Waals surface area contributed by atoms with Gasteiger partial charge in [-0.1, -0.05) is 110 Å². The molecule has 0 aliphatic heterocycles. The van der Waals surface area contributed by atoms with Gasteiger partial charge >= 0.3 is 0 Å². The Morgan fingerprint density at radius 2 is 1.16 bits per heavy atom. The minimum Gasteiger partial charge on any atom is -0.0935 e. The first kappa shape index (κ1) is 19.1. The Labute approximate surface area is 127 Å². The van der Waals surface area contributed by atoms with Gasteiger partial charge in [0.2, 0.25) is 0 Å². The van der Waals surface area contributed by atoms with Gasteiger partial charge in [0.1, 0.15) is 0 Å². The third-order valence-corrected chi connectivity index (χ3v) is 4.24. The summed E-state index contributed by atoms with van der Waals surface area (Å²) in [4.78, 5) is 0. The van der Waals surface area contributed by atoms with Gasteiger partial charge < -0.3 is 0 Å². The first-order valence-corrected chi connectivity index (χ1v) is 9.22.